The summed E-state index contributed by atoms with van der Waals surface area (Å²) >= 11 is 0. The fourth-order valence-corrected chi connectivity index (χ4v) is 1.69. The lowest BCUT2D eigenvalue weighted by Crippen LogP contribution is -2.27. The third-order valence-corrected chi connectivity index (χ3v) is 2.34. The van der Waals surface area contributed by atoms with E-state index in [1.807, 2.05) is 4.72 Å². The average molecular weight is 228 g/mol. The molecule has 0 amide bonds. The first-order valence-electron chi connectivity index (χ1n) is 4.05. The van der Waals surface area contributed by atoms with Crippen molar-refractivity contribution in [2.75, 3.05) is 6.26 Å². The second kappa shape index (κ2) is 4.38. The zero-order valence-corrected chi connectivity index (χ0v) is 8.75. The molecule has 0 saturated heterocycles. The molecule has 1 N–H and O–H groups in total. The third-order valence-electron chi connectivity index (χ3n) is 1.68. The van der Waals surface area contributed by atoms with Gasteiger partial charge in [0.25, 0.3) is 0 Å². The summed E-state index contributed by atoms with van der Waals surface area (Å²) in [5, 5.41) is 8.72. The van der Waals surface area contributed by atoms with Crippen LogP contribution in [-0.4, -0.2) is 14.7 Å². The quantitative estimate of drug-likeness (QED) is 0.837. The SMILES string of the molecule is CS(=O)(=O)NC(C#N)c1ccccc1F. The number of halogens is 1. The van der Waals surface area contributed by atoms with Crippen LogP contribution in [0, 0.1) is 17.1 Å². The van der Waals surface area contributed by atoms with E-state index in [0.29, 0.717) is 0 Å². The van der Waals surface area contributed by atoms with Crippen molar-refractivity contribution < 1.29 is 12.8 Å². The average Bonchev–Trinajstić information content (AvgIpc) is 2.14. The van der Waals surface area contributed by atoms with Crippen LogP contribution < -0.4 is 4.72 Å². The molecule has 0 saturated carbocycles. The fourth-order valence-electron chi connectivity index (χ4n) is 1.08. The highest BCUT2D eigenvalue weighted by Gasteiger charge is 2.18. The van der Waals surface area contributed by atoms with Crippen LogP contribution in [0.15, 0.2) is 24.3 Å². The minimum Gasteiger partial charge on any atom is -0.213 e. The molecule has 1 aromatic carbocycles. The molecule has 1 rings (SSSR count). The summed E-state index contributed by atoms with van der Waals surface area (Å²) in [6.07, 6.45) is 0.915. The first-order valence-corrected chi connectivity index (χ1v) is 5.94. The van der Waals surface area contributed by atoms with Crippen LogP contribution >= 0.6 is 0 Å². The van der Waals surface area contributed by atoms with Crippen LogP contribution in [0.5, 0.6) is 0 Å². The van der Waals surface area contributed by atoms with Gasteiger partial charge in [-0.15, -0.1) is 0 Å². The molecule has 1 aromatic rings. The number of nitriles is 1. The first-order chi connectivity index (χ1) is 6.94. The van der Waals surface area contributed by atoms with Gasteiger partial charge in [-0.05, 0) is 6.07 Å². The lowest BCUT2D eigenvalue weighted by Gasteiger charge is -2.10. The summed E-state index contributed by atoms with van der Waals surface area (Å²) in [4.78, 5) is 0. The predicted octanol–water partition coefficient (Wildman–Crippen LogP) is 0.940. The molecule has 0 aliphatic heterocycles. The van der Waals surface area contributed by atoms with Crippen molar-refractivity contribution in [1.82, 2.24) is 4.72 Å². The Morgan fingerprint density at radius 3 is 2.53 bits per heavy atom. The van der Waals surface area contributed by atoms with Crippen molar-refractivity contribution in [3.63, 3.8) is 0 Å². The van der Waals surface area contributed by atoms with Crippen LogP contribution in [0.2, 0.25) is 0 Å². The van der Waals surface area contributed by atoms with Crippen molar-refractivity contribution in [3.8, 4) is 6.07 Å². The summed E-state index contributed by atoms with van der Waals surface area (Å²) in [5.41, 5.74) is 0.0189. The Bertz CT molecular complexity index is 493. The number of nitrogens with one attached hydrogen (secondary N) is 1. The minimum atomic E-state index is -3.54. The predicted molar refractivity (Wildman–Crippen MR) is 52.7 cm³/mol. The van der Waals surface area contributed by atoms with Gasteiger partial charge in [0.05, 0.1) is 12.3 Å². The van der Waals surface area contributed by atoms with Gasteiger partial charge in [0, 0.05) is 5.56 Å². The number of rotatable bonds is 3. The Morgan fingerprint density at radius 1 is 1.47 bits per heavy atom. The van der Waals surface area contributed by atoms with E-state index < -0.39 is 21.9 Å². The van der Waals surface area contributed by atoms with Gasteiger partial charge in [0.15, 0.2) is 0 Å². The monoisotopic (exact) mass is 228 g/mol. The summed E-state index contributed by atoms with van der Waals surface area (Å²) < 4.78 is 37.1. The second-order valence-corrected chi connectivity index (χ2v) is 4.75. The van der Waals surface area contributed by atoms with Crippen LogP contribution in [0.1, 0.15) is 11.6 Å². The van der Waals surface area contributed by atoms with Crippen molar-refractivity contribution >= 4 is 10.0 Å². The summed E-state index contributed by atoms with van der Waals surface area (Å²) in [6.45, 7) is 0. The number of nitrogens with zero attached hydrogens (tertiary/aromatic N) is 1. The van der Waals surface area contributed by atoms with E-state index in [4.69, 9.17) is 5.26 Å². The van der Waals surface area contributed by atoms with Crippen LogP contribution in [0.4, 0.5) is 4.39 Å². The number of hydrogen-bond donors (Lipinski definition) is 1. The Labute approximate surface area is 87.4 Å². The molecule has 0 aliphatic rings. The Hall–Kier alpha value is -1.45. The largest absolute Gasteiger partial charge is 0.213 e. The lowest BCUT2D eigenvalue weighted by atomic mass is 10.1. The Morgan fingerprint density at radius 2 is 2.07 bits per heavy atom. The normalized spacial score (nSPS) is 13.1. The molecule has 0 aromatic heterocycles. The van der Waals surface area contributed by atoms with E-state index in [1.54, 1.807) is 6.07 Å². The Kier molecular flexibility index (Phi) is 3.39. The zero-order chi connectivity index (χ0) is 11.5. The van der Waals surface area contributed by atoms with Crippen molar-refractivity contribution in [3.05, 3.63) is 35.6 Å². The molecule has 0 radical (unpaired) electrons. The van der Waals surface area contributed by atoms with E-state index in [2.05, 4.69) is 0 Å². The fraction of sp³-hybridized carbons (Fsp3) is 0.222. The topological polar surface area (TPSA) is 70.0 Å². The molecule has 1 atom stereocenters. The standard InChI is InChI=1S/C9H9FN2O2S/c1-15(13,14)12-9(6-11)7-4-2-3-5-8(7)10/h2-5,9,12H,1H3. The van der Waals surface area contributed by atoms with E-state index >= 15 is 0 Å². The van der Waals surface area contributed by atoms with Gasteiger partial charge < -0.3 is 0 Å². The van der Waals surface area contributed by atoms with Crippen molar-refractivity contribution in [2.24, 2.45) is 0 Å². The molecule has 4 nitrogen and oxygen atoms in total. The highest BCUT2D eigenvalue weighted by atomic mass is 32.2. The van der Waals surface area contributed by atoms with Crippen LogP contribution in [-0.2, 0) is 10.0 Å². The highest BCUT2D eigenvalue weighted by molar-refractivity contribution is 7.88. The molecule has 80 valence electrons. The first kappa shape index (κ1) is 11.6. The maximum absolute atomic E-state index is 13.2. The Balaban J connectivity index is 3.05. The molecular weight excluding hydrogens is 219 g/mol. The van der Waals surface area contributed by atoms with Gasteiger partial charge in [-0.2, -0.15) is 9.98 Å². The van der Waals surface area contributed by atoms with Gasteiger partial charge in [0.2, 0.25) is 10.0 Å². The maximum atomic E-state index is 13.2. The third kappa shape index (κ3) is 3.31. The van der Waals surface area contributed by atoms with Crippen LogP contribution in [0.25, 0.3) is 0 Å². The summed E-state index contributed by atoms with van der Waals surface area (Å²) in [7, 11) is -3.54. The van der Waals surface area contributed by atoms with Crippen LogP contribution in [0.3, 0.4) is 0 Å². The number of sulfonamides is 1. The zero-order valence-electron chi connectivity index (χ0n) is 7.94. The molecular formula is C9H9FN2O2S. The highest BCUT2D eigenvalue weighted by Crippen LogP contribution is 2.16. The smallest absolute Gasteiger partial charge is 0.210 e. The van der Waals surface area contributed by atoms with Crippen molar-refractivity contribution in [1.29, 1.82) is 5.26 Å². The van der Waals surface area contributed by atoms with E-state index in [0.717, 1.165) is 6.26 Å². The molecule has 15 heavy (non-hydrogen) atoms. The molecule has 6 heteroatoms. The molecule has 0 fully saturated rings. The maximum Gasteiger partial charge on any atom is 0.210 e. The molecule has 0 heterocycles. The number of hydrogen-bond acceptors (Lipinski definition) is 3. The van der Waals surface area contributed by atoms with Gasteiger partial charge in [0.1, 0.15) is 11.9 Å². The van der Waals surface area contributed by atoms with E-state index in [9.17, 15) is 12.8 Å². The van der Waals surface area contributed by atoms with Gasteiger partial charge in [-0.1, -0.05) is 18.2 Å². The molecule has 0 aliphatic carbocycles. The molecule has 0 bridgehead atoms. The van der Waals surface area contributed by atoms with Gasteiger partial charge >= 0.3 is 0 Å². The van der Waals surface area contributed by atoms with Crippen molar-refractivity contribution in [2.45, 2.75) is 6.04 Å². The summed E-state index contributed by atoms with van der Waals surface area (Å²) in [6, 6.07) is 6.03. The lowest BCUT2D eigenvalue weighted by molar-refractivity contribution is 0.569. The minimum absolute atomic E-state index is 0.0189. The second-order valence-electron chi connectivity index (χ2n) is 2.97. The van der Waals surface area contributed by atoms with E-state index in [1.165, 1.54) is 24.3 Å². The number of benzene rings is 1. The summed E-state index contributed by atoms with van der Waals surface area (Å²) in [5.74, 6) is -0.611. The van der Waals surface area contributed by atoms with Gasteiger partial charge in [-0.25, -0.2) is 12.8 Å². The molecule has 1 unspecified atom stereocenters. The van der Waals surface area contributed by atoms with Gasteiger partial charge in [-0.3, -0.25) is 0 Å². The molecule has 0 spiro atoms. The van der Waals surface area contributed by atoms with E-state index in [-0.39, 0.29) is 5.56 Å².